The highest BCUT2D eigenvalue weighted by atomic mass is 16.5. The fourth-order valence-electron chi connectivity index (χ4n) is 2.61. The van der Waals surface area contributed by atoms with Crippen LogP contribution in [-0.2, 0) is 9.53 Å². The molecule has 3 heteroatoms. The normalized spacial score (nSPS) is 39.6. The molecular formula is C9H15NO2. The molecule has 0 spiro atoms. The molecule has 2 fully saturated rings. The van der Waals surface area contributed by atoms with Crippen LogP contribution in [0.4, 0.5) is 0 Å². The molecule has 0 amide bonds. The highest BCUT2D eigenvalue weighted by Gasteiger charge is 2.43. The number of fused-ring (bicyclic) bond motifs is 2. The van der Waals surface area contributed by atoms with Crippen LogP contribution in [0.1, 0.15) is 12.8 Å². The Labute approximate surface area is 72.5 Å². The monoisotopic (exact) mass is 169 g/mol. The smallest absolute Gasteiger partial charge is 0.309 e. The molecule has 0 radical (unpaired) electrons. The number of hydrogen-bond donors (Lipinski definition) is 1. The highest BCUT2D eigenvalue weighted by Crippen LogP contribution is 2.39. The van der Waals surface area contributed by atoms with Gasteiger partial charge in [0.15, 0.2) is 0 Å². The third kappa shape index (κ3) is 1.12. The number of piperidine rings is 1. The largest absolute Gasteiger partial charge is 0.469 e. The van der Waals surface area contributed by atoms with Gasteiger partial charge in [-0.15, -0.1) is 0 Å². The molecular weight excluding hydrogens is 154 g/mol. The summed E-state index contributed by atoms with van der Waals surface area (Å²) in [5.41, 5.74) is 0. The SMILES string of the molecule is COC(=O)C1C2CCC1CNC2. The van der Waals surface area contributed by atoms with Gasteiger partial charge in [0.1, 0.15) is 0 Å². The summed E-state index contributed by atoms with van der Waals surface area (Å²) in [4.78, 5) is 11.4. The number of esters is 1. The Morgan fingerprint density at radius 2 is 1.92 bits per heavy atom. The summed E-state index contributed by atoms with van der Waals surface area (Å²) in [6.45, 7) is 1.99. The van der Waals surface area contributed by atoms with Crippen LogP contribution in [0.3, 0.4) is 0 Å². The zero-order valence-corrected chi connectivity index (χ0v) is 7.38. The Bertz CT molecular complexity index is 177. The van der Waals surface area contributed by atoms with E-state index in [4.69, 9.17) is 4.74 Å². The first-order valence-corrected chi connectivity index (χ1v) is 4.61. The Kier molecular flexibility index (Phi) is 2.05. The van der Waals surface area contributed by atoms with Gasteiger partial charge in [0.25, 0.3) is 0 Å². The number of nitrogens with one attached hydrogen (secondary N) is 1. The van der Waals surface area contributed by atoms with Gasteiger partial charge < -0.3 is 10.1 Å². The van der Waals surface area contributed by atoms with Crippen LogP contribution in [0.25, 0.3) is 0 Å². The maximum Gasteiger partial charge on any atom is 0.309 e. The van der Waals surface area contributed by atoms with Gasteiger partial charge >= 0.3 is 5.97 Å². The quantitative estimate of drug-likeness (QED) is 0.578. The molecule has 1 aliphatic carbocycles. The van der Waals surface area contributed by atoms with Crippen molar-refractivity contribution in [2.75, 3.05) is 20.2 Å². The van der Waals surface area contributed by atoms with Crippen LogP contribution in [0.15, 0.2) is 0 Å². The first-order valence-electron chi connectivity index (χ1n) is 4.61. The van der Waals surface area contributed by atoms with E-state index in [1.807, 2.05) is 0 Å². The summed E-state index contributed by atoms with van der Waals surface area (Å²) in [5.74, 6) is 1.27. The standard InChI is InChI=1S/C9H15NO2/c1-12-9(11)8-6-2-3-7(8)5-10-4-6/h6-8,10H,2-5H2,1H3. The Hall–Kier alpha value is -0.570. The number of rotatable bonds is 1. The van der Waals surface area contributed by atoms with Crippen LogP contribution in [-0.4, -0.2) is 26.2 Å². The van der Waals surface area contributed by atoms with E-state index in [2.05, 4.69) is 5.32 Å². The minimum Gasteiger partial charge on any atom is -0.469 e. The average Bonchev–Trinajstić information content (AvgIpc) is 2.35. The summed E-state index contributed by atoms with van der Waals surface area (Å²) in [6.07, 6.45) is 2.38. The second kappa shape index (κ2) is 3.05. The van der Waals surface area contributed by atoms with Gasteiger partial charge in [-0.2, -0.15) is 0 Å². The summed E-state index contributed by atoms with van der Waals surface area (Å²) >= 11 is 0. The van der Waals surface area contributed by atoms with Gasteiger partial charge in [0.05, 0.1) is 13.0 Å². The number of carbonyl (C=O) groups excluding carboxylic acids is 1. The lowest BCUT2D eigenvalue weighted by Gasteiger charge is -2.28. The summed E-state index contributed by atoms with van der Waals surface area (Å²) < 4.78 is 4.80. The van der Waals surface area contributed by atoms with E-state index in [0.29, 0.717) is 11.8 Å². The second-order valence-electron chi connectivity index (χ2n) is 3.80. The third-order valence-corrected chi connectivity index (χ3v) is 3.21. The molecule has 0 aromatic rings. The minimum atomic E-state index is 0.00370. The predicted octanol–water partition coefficient (Wildman–Crippen LogP) is 0.405. The Balaban J connectivity index is 2.10. The predicted molar refractivity (Wildman–Crippen MR) is 44.6 cm³/mol. The molecule has 2 atom stereocenters. The molecule has 12 heavy (non-hydrogen) atoms. The number of hydrogen-bond acceptors (Lipinski definition) is 3. The van der Waals surface area contributed by atoms with E-state index in [-0.39, 0.29) is 11.9 Å². The van der Waals surface area contributed by atoms with Crippen molar-refractivity contribution in [3.63, 3.8) is 0 Å². The van der Waals surface area contributed by atoms with E-state index in [0.717, 1.165) is 13.1 Å². The summed E-state index contributed by atoms with van der Waals surface area (Å²) in [5, 5.41) is 3.35. The molecule has 3 nitrogen and oxygen atoms in total. The molecule has 2 rings (SSSR count). The molecule has 2 unspecified atom stereocenters. The van der Waals surface area contributed by atoms with Gasteiger partial charge in [-0.3, -0.25) is 4.79 Å². The number of methoxy groups -OCH3 is 1. The van der Waals surface area contributed by atoms with Crippen molar-refractivity contribution in [2.24, 2.45) is 17.8 Å². The molecule has 0 aromatic heterocycles. The van der Waals surface area contributed by atoms with Gasteiger partial charge in [0, 0.05) is 0 Å². The second-order valence-corrected chi connectivity index (χ2v) is 3.80. The van der Waals surface area contributed by atoms with Crippen molar-refractivity contribution in [2.45, 2.75) is 12.8 Å². The Morgan fingerprint density at radius 1 is 1.33 bits per heavy atom. The maximum absolute atomic E-state index is 11.4. The van der Waals surface area contributed by atoms with Crippen LogP contribution in [0.2, 0.25) is 0 Å². The van der Waals surface area contributed by atoms with E-state index < -0.39 is 0 Å². The van der Waals surface area contributed by atoms with Gasteiger partial charge in [0.2, 0.25) is 0 Å². The molecule has 1 aliphatic heterocycles. The molecule has 1 saturated carbocycles. The molecule has 68 valence electrons. The fourth-order valence-corrected chi connectivity index (χ4v) is 2.61. The van der Waals surface area contributed by atoms with Crippen LogP contribution >= 0.6 is 0 Å². The van der Waals surface area contributed by atoms with Crippen molar-refractivity contribution in [1.29, 1.82) is 0 Å². The van der Waals surface area contributed by atoms with E-state index in [9.17, 15) is 4.79 Å². The van der Waals surface area contributed by atoms with Crippen molar-refractivity contribution in [1.82, 2.24) is 5.32 Å². The van der Waals surface area contributed by atoms with Crippen molar-refractivity contribution >= 4 is 5.97 Å². The van der Waals surface area contributed by atoms with Crippen LogP contribution in [0.5, 0.6) is 0 Å². The minimum absolute atomic E-state index is 0.00370. The van der Waals surface area contributed by atoms with Gasteiger partial charge in [-0.1, -0.05) is 0 Å². The summed E-state index contributed by atoms with van der Waals surface area (Å²) in [7, 11) is 1.49. The lowest BCUT2D eigenvalue weighted by molar-refractivity contribution is -0.148. The fraction of sp³-hybridized carbons (Fsp3) is 0.889. The Morgan fingerprint density at radius 3 is 2.42 bits per heavy atom. The molecule has 1 heterocycles. The van der Waals surface area contributed by atoms with E-state index in [1.165, 1.54) is 20.0 Å². The van der Waals surface area contributed by atoms with Gasteiger partial charge in [-0.25, -0.2) is 0 Å². The molecule has 2 bridgehead atoms. The first kappa shape index (κ1) is 8.05. The maximum atomic E-state index is 11.4. The first-order chi connectivity index (χ1) is 5.83. The van der Waals surface area contributed by atoms with E-state index in [1.54, 1.807) is 0 Å². The zero-order chi connectivity index (χ0) is 8.55. The van der Waals surface area contributed by atoms with Crippen molar-refractivity contribution in [3.8, 4) is 0 Å². The van der Waals surface area contributed by atoms with Crippen molar-refractivity contribution in [3.05, 3.63) is 0 Å². The third-order valence-electron chi connectivity index (χ3n) is 3.21. The van der Waals surface area contributed by atoms with Crippen molar-refractivity contribution < 1.29 is 9.53 Å². The molecule has 2 aliphatic rings. The average molecular weight is 169 g/mol. The molecule has 1 N–H and O–H groups in total. The zero-order valence-electron chi connectivity index (χ0n) is 7.38. The van der Waals surface area contributed by atoms with Gasteiger partial charge in [-0.05, 0) is 37.8 Å². The van der Waals surface area contributed by atoms with E-state index >= 15 is 0 Å². The summed E-state index contributed by atoms with van der Waals surface area (Å²) in [6, 6.07) is 0. The highest BCUT2D eigenvalue weighted by molar-refractivity contribution is 5.73. The van der Waals surface area contributed by atoms with Crippen LogP contribution in [0, 0.1) is 17.8 Å². The topological polar surface area (TPSA) is 38.3 Å². The lowest BCUT2D eigenvalue weighted by Crippen LogP contribution is -2.42. The number of carbonyl (C=O) groups is 1. The lowest BCUT2D eigenvalue weighted by atomic mass is 9.86. The van der Waals surface area contributed by atoms with Crippen LogP contribution < -0.4 is 5.32 Å². The molecule has 0 aromatic carbocycles. The number of ether oxygens (including phenoxy) is 1. The molecule has 1 saturated heterocycles.